The van der Waals surface area contributed by atoms with Crippen molar-refractivity contribution in [2.24, 2.45) is 0 Å². The second kappa shape index (κ2) is 7.59. The van der Waals surface area contributed by atoms with Crippen LogP contribution in [-0.2, 0) is 13.2 Å². The highest BCUT2D eigenvalue weighted by Gasteiger charge is 2.08. The first-order chi connectivity index (χ1) is 13.2. The molecule has 0 radical (unpaired) electrons. The van der Waals surface area contributed by atoms with Gasteiger partial charge in [0.2, 0.25) is 0 Å². The average molecular weight is 378 g/mol. The van der Waals surface area contributed by atoms with Crippen molar-refractivity contribution in [1.29, 1.82) is 0 Å². The first-order valence-electron chi connectivity index (χ1n) is 8.53. The zero-order chi connectivity index (χ0) is 18.6. The van der Waals surface area contributed by atoms with E-state index in [2.05, 4.69) is 20.3 Å². The zero-order valence-corrected chi connectivity index (χ0v) is 15.5. The van der Waals surface area contributed by atoms with Crippen molar-refractivity contribution in [3.63, 3.8) is 0 Å². The molecule has 1 amide bonds. The standard InChI is InChI=1S/C20H18N4O2S/c1-13-12-27-19(22-13)11-26-15-8-6-14(7-9-15)20(25)21-10-18-23-16-4-2-3-5-17(16)24-18/h2-9,12H,10-11H2,1H3,(H,21,25)(H,23,24). The van der Waals surface area contributed by atoms with Crippen LogP contribution in [0.25, 0.3) is 11.0 Å². The third-order valence-corrected chi connectivity index (χ3v) is 4.94. The smallest absolute Gasteiger partial charge is 0.251 e. The molecule has 2 N–H and O–H groups in total. The Morgan fingerprint density at radius 3 is 2.70 bits per heavy atom. The summed E-state index contributed by atoms with van der Waals surface area (Å²) >= 11 is 1.57. The minimum Gasteiger partial charge on any atom is -0.486 e. The number of ether oxygens (including phenoxy) is 1. The van der Waals surface area contributed by atoms with Gasteiger partial charge in [-0.15, -0.1) is 11.3 Å². The number of thiazole rings is 1. The quantitative estimate of drug-likeness (QED) is 0.534. The van der Waals surface area contributed by atoms with Gasteiger partial charge in [-0.25, -0.2) is 9.97 Å². The number of amides is 1. The van der Waals surface area contributed by atoms with Crippen molar-refractivity contribution in [3.8, 4) is 5.75 Å². The van der Waals surface area contributed by atoms with E-state index in [0.717, 1.165) is 27.6 Å². The second-order valence-corrected chi connectivity index (χ2v) is 7.02. The van der Waals surface area contributed by atoms with Gasteiger partial charge in [-0.05, 0) is 43.3 Å². The molecule has 7 heteroatoms. The van der Waals surface area contributed by atoms with E-state index >= 15 is 0 Å². The lowest BCUT2D eigenvalue weighted by molar-refractivity contribution is 0.0950. The predicted octanol–water partition coefficient (Wildman–Crippen LogP) is 3.84. The summed E-state index contributed by atoms with van der Waals surface area (Å²) in [4.78, 5) is 24.3. The maximum Gasteiger partial charge on any atom is 0.251 e. The molecular weight excluding hydrogens is 360 g/mol. The van der Waals surface area contributed by atoms with Crippen molar-refractivity contribution in [2.45, 2.75) is 20.1 Å². The normalized spacial score (nSPS) is 10.9. The molecule has 4 aromatic rings. The molecule has 136 valence electrons. The minimum atomic E-state index is -0.155. The first-order valence-corrected chi connectivity index (χ1v) is 9.41. The molecule has 4 rings (SSSR count). The Morgan fingerprint density at radius 1 is 1.15 bits per heavy atom. The summed E-state index contributed by atoms with van der Waals surface area (Å²) in [6.45, 7) is 2.73. The maximum atomic E-state index is 12.3. The van der Waals surface area contributed by atoms with Gasteiger partial charge in [-0.2, -0.15) is 0 Å². The zero-order valence-electron chi connectivity index (χ0n) is 14.7. The van der Waals surface area contributed by atoms with Crippen LogP contribution in [0.4, 0.5) is 0 Å². The van der Waals surface area contributed by atoms with Crippen molar-refractivity contribution in [2.75, 3.05) is 0 Å². The van der Waals surface area contributed by atoms with Crippen molar-refractivity contribution in [3.05, 3.63) is 76.0 Å². The SMILES string of the molecule is Cc1csc(COc2ccc(C(=O)NCc3nc4ccccc4[nH]3)cc2)n1. The van der Waals surface area contributed by atoms with Crippen molar-refractivity contribution < 1.29 is 9.53 Å². The molecule has 0 saturated heterocycles. The van der Waals surface area contributed by atoms with Gasteiger partial charge in [0, 0.05) is 16.6 Å². The number of H-pyrrole nitrogens is 1. The van der Waals surface area contributed by atoms with Crippen LogP contribution in [0.1, 0.15) is 26.9 Å². The number of imidazole rings is 1. The Bertz CT molecular complexity index is 1040. The molecule has 0 atom stereocenters. The number of carbonyl (C=O) groups is 1. The van der Waals surface area contributed by atoms with E-state index in [1.54, 1.807) is 35.6 Å². The Balaban J connectivity index is 1.33. The number of para-hydroxylation sites is 2. The summed E-state index contributed by atoms with van der Waals surface area (Å²) in [6, 6.07) is 14.8. The fourth-order valence-electron chi connectivity index (χ4n) is 2.67. The van der Waals surface area contributed by atoms with Gasteiger partial charge < -0.3 is 15.0 Å². The van der Waals surface area contributed by atoms with Gasteiger partial charge >= 0.3 is 0 Å². The molecule has 2 aromatic carbocycles. The number of carbonyl (C=O) groups excluding carboxylic acids is 1. The second-order valence-electron chi connectivity index (χ2n) is 6.08. The Labute approximate surface area is 160 Å². The lowest BCUT2D eigenvalue weighted by atomic mass is 10.2. The van der Waals surface area contributed by atoms with E-state index in [1.165, 1.54) is 0 Å². The number of aromatic amines is 1. The molecular formula is C20H18N4O2S. The van der Waals surface area contributed by atoms with Crippen LogP contribution >= 0.6 is 11.3 Å². The molecule has 0 aliphatic rings. The van der Waals surface area contributed by atoms with Crippen LogP contribution in [0.3, 0.4) is 0 Å². The highest BCUT2D eigenvalue weighted by Crippen LogP contribution is 2.16. The summed E-state index contributed by atoms with van der Waals surface area (Å²) in [5.74, 6) is 1.28. The molecule has 6 nitrogen and oxygen atoms in total. The molecule has 0 fully saturated rings. The summed E-state index contributed by atoms with van der Waals surface area (Å²) < 4.78 is 5.70. The summed E-state index contributed by atoms with van der Waals surface area (Å²) in [7, 11) is 0. The van der Waals surface area contributed by atoms with Gasteiger partial charge in [0.15, 0.2) is 0 Å². The van der Waals surface area contributed by atoms with Crippen molar-refractivity contribution >= 4 is 28.3 Å². The third kappa shape index (κ3) is 4.15. The highest BCUT2D eigenvalue weighted by molar-refractivity contribution is 7.09. The third-order valence-electron chi connectivity index (χ3n) is 4.00. The van der Waals surface area contributed by atoms with Crippen LogP contribution < -0.4 is 10.1 Å². The summed E-state index contributed by atoms with van der Waals surface area (Å²) in [6.07, 6.45) is 0. The lowest BCUT2D eigenvalue weighted by Gasteiger charge is -2.06. The van der Waals surface area contributed by atoms with Crippen LogP contribution in [0.15, 0.2) is 53.9 Å². The molecule has 0 aliphatic heterocycles. The van der Waals surface area contributed by atoms with Crippen LogP contribution in [0, 0.1) is 6.92 Å². The Kier molecular flexibility index (Phi) is 4.84. The average Bonchev–Trinajstić information content (AvgIpc) is 3.30. The van der Waals surface area contributed by atoms with Gasteiger partial charge in [-0.3, -0.25) is 4.79 Å². The Hall–Kier alpha value is -3.19. The molecule has 0 unspecified atom stereocenters. The van der Waals surface area contributed by atoms with Crippen LogP contribution in [-0.4, -0.2) is 20.9 Å². The van der Waals surface area contributed by atoms with Crippen LogP contribution in [0.2, 0.25) is 0 Å². The number of rotatable bonds is 6. The van der Waals surface area contributed by atoms with Gasteiger partial charge in [-0.1, -0.05) is 12.1 Å². The molecule has 0 bridgehead atoms. The number of aromatic nitrogens is 3. The highest BCUT2D eigenvalue weighted by atomic mass is 32.1. The van der Waals surface area contributed by atoms with E-state index in [9.17, 15) is 4.79 Å². The largest absolute Gasteiger partial charge is 0.486 e. The number of aryl methyl sites for hydroxylation is 1. The van der Waals surface area contributed by atoms with Gasteiger partial charge in [0.25, 0.3) is 5.91 Å². The van der Waals surface area contributed by atoms with E-state index < -0.39 is 0 Å². The van der Waals surface area contributed by atoms with E-state index in [0.29, 0.717) is 24.5 Å². The molecule has 27 heavy (non-hydrogen) atoms. The fourth-order valence-corrected chi connectivity index (χ4v) is 3.35. The molecule has 0 saturated carbocycles. The fraction of sp³-hybridized carbons (Fsp3) is 0.150. The summed E-state index contributed by atoms with van der Waals surface area (Å²) in [5, 5.41) is 5.80. The van der Waals surface area contributed by atoms with Gasteiger partial charge in [0.1, 0.15) is 23.2 Å². The molecule has 2 aromatic heterocycles. The minimum absolute atomic E-state index is 0.155. The number of hydrogen-bond acceptors (Lipinski definition) is 5. The van der Waals surface area contributed by atoms with Gasteiger partial charge in [0.05, 0.1) is 17.6 Å². The van der Waals surface area contributed by atoms with E-state index in [4.69, 9.17) is 4.74 Å². The first kappa shape index (κ1) is 17.2. The van der Waals surface area contributed by atoms with E-state index in [1.807, 2.05) is 36.6 Å². The monoisotopic (exact) mass is 378 g/mol. The molecule has 0 aliphatic carbocycles. The number of nitrogens with one attached hydrogen (secondary N) is 2. The molecule has 0 spiro atoms. The van der Waals surface area contributed by atoms with Crippen LogP contribution in [0.5, 0.6) is 5.75 Å². The van der Waals surface area contributed by atoms with E-state index in [-0.39, 0.29) is 5.91 Å². The maximum absolute atomic E-state index is 12.3. The molecule has 2 heterocycles. The predicted molar refractivity (Wildman–Crippen MR) is 105 cm³/mol. The number of benzene rings is 2. The Morgan fingerprint density at radius 2 is 1.96 bits per heavy atom. The number of nitrogens with zero attached hydrogens (tertiary/aromatic N) is 2. The number of hydrogen-bond donors (Lipinski definition) is 2. The van der Waals surface area contributed by atoms with Crippen molar-refractivity contribution in [1.82, 2.24) is 20.3 Å². The lowest BCUT2D eigenvalue weighted by Crippen LogP contribution is -2.23. The summed E-state index contributed by atoms with van der Waals surface area (Å²) in [5.41, 5.74) is 3.41. The number of fused-ring (bicyclic) bond motifs is 1. The topological polar surface area (TPSA) is 79.9 Å².